The molecule has 0 aliphatic heterocycles. The molecule has 0 saturated heterocycles. The molecule has 1 atom stereocenters. The van der Waals surface area contributed by atoms with Crippen molar-refractivity contribution in [2.45, 2.75) is 64.8 Å². The number of hydrogen-bond donors (Lipinski definition) is 0. The summed E-state index contributed by atoms with van der Waals surface area (Å²) in [5.41, 5.74) is 2.15. The van der Waals surface area contributed by atoms with Gasteiger partial charge in [-0.3, -0.25) is 14.2 Å². The van der Waals surface area contributed by atoms with E-state index in [9.17, 15) is 9.59 Å². The molecule has 4 rings (SSSR count). The molecule has 1 aliphatic rings. The second kappa shape index (κ2) is 9.17. The molecule has 1 aliphatic carbocycles. The maximum Gasteiger partial charge on any atom is 0.263 e. The van der Waals surface area contributed by atoms with Gasteiger partial charge in [0.15, 0.2) is 5.16 Å². The summed E-state index contributed by atoms with van der Waals surface area (Å²) in [7, 11) is 0. The first-order valence-corrected chi connectivity index (χ1v) is 12.7. The van der Waals surface area contributed by atoms with E-state index in [0.717, 1.165) is 20.8 Å². The highest BCUT2D eigenvalue weighted by Crippen LogP contribution is 2.36. The Kier molecular flexibility index (Phi) is 6.53. The Morgan fingerprint density at radius 3 is 2.65 bits per heavy atom. The number of rotatable bonds is 8. The van der Waals surface area contributed by atoms with Crippen molar-refractivity contribution in [1.29, 1.82) is 0 Å². The van der Waals surface area contributed by atoms with Gasteiger partial charge in [-0.15, -0.1) is 11.3 Å². The minimum atomic E-state index is -0.00297. The largest absolute Gasteiger partial charge is 0.335 e. The minimum absolute atomic E-state index is 0.00297. The van der Waals surface area contributed by atoms with Crippen LogP contribution < -0.4 is 5.56 Å². The van der Waals surface area contributed by atoms with Crippen molar-refractivity contribution in [2.24, 2.45) is 5.92 Å². The summed E-state index contributed by atoms with van der Waals surface area (Å²) < 4.78 is 1.70. The molecule has 1 aromatic carbocycles. The Morgan fingerprint density at radius 2 is 2.00 bits per heavy atom. The fourth-order valence-electron chi connectivity index (χ4n) is 3.98. The van der Waals surface area contributed by atoms with Crippen LogP contribution in [0.5, 0.6) is 0 Å². The highest BCUT2D eigenvalue weighted by molar-refractivity contribution is 7.99. The van der Waals surface area contributed by atoms with Gasteiger partial charge in [-0.25, -0.2) is 4.98 Å². The van der Waals surface area contributed by atoms with Crippen LogP contribution in [0.25, 0.3) is 10.2 Å². The molecule has 5 nitrogen and oxygen atoms in total. The summed E-state index contributed by atoms with van der Waals surface area (Å²) in [5, 5.41) is 1.35. The topological polar surface area (TPSA) is 55.2 Å². The zero-order valence-electron chi connectivity index (χ0n) is 18.6. The van der Waals surface area contributed by atoms with E-state index in [-0.39, 0.29) is 23.3 Å². The number of hydrogen-bond acceptors (Lipinski definition) is 5. The van der Waals surface area contributed by atoms with E-state index in [2.05, 4.69) is 19.1 Å². The Bertz CT molecular complexity index is 1150. The van der Waals surface area contributed by atoms with Gasteiger partial charge in [-0.05, 0) is 57.6 Å². The van der Waals surface area contributed by atoms with E-state index in [1.54, 1.807) is 15.9 Å². The lowest BCUT2D eigenvalue weighted by Crippen LogP contribution is -2.40. The molecule has 2 aromatic heterocycles. The van der Waals surface area contributed by atoms with Crippen molar-refractivity contribution in [3.63, 3.8) is 0 Å². The van der Waals surface area contributed by atoms with Crippen molar-refractivity contribution in [1.82, 2.24) is 14.5 Å². The lowest BCUT2D eigenvalue weighted by atomic mass is 10.1. The van der Waals surface area contributed by atoms with Gasteiger partial charge in [-0.2, -0.15) is 0 Å². The number of benzene rings is 1. The van der Waals surface area contributed by atoms with Gasteiger partial charge < -0.3 is 4.90 Å². The maximum absolute atomic E-state index is 13.3. The molecular weight excluding hydrogens is 426 g/mol. The van der Waals surface area contributed by atoms with Crippen molar-refractivity contribution in [3.05, 3.63) is 56.7 Å². The molecular formula is C24H29N3O2S2. The number of thioether (sulfide) groups is 1. The van der Waals surface area contributed by atoms with Gasteiger partial charge in [-0.1, -0.05) is 42.1 Å². The molecule has 1 amide bonds. The Hall–Kier alpha value is -2.12. The Morgan fingerprint density at radius 1 is 1.29 bits per heavy atom. The lowest BCUT2D eigenvalue weighted by molar-refractivity contribution is -0.131. The third-order valence-electron chi connectivity index (χ3n) is 6.21. The normalized spacial score (nSPS) is 14.7. The molecule has 2 heterocycles. The molecule has 1 fully saturated rings. The van der Waals surface area contributed by atoms with E-state index in [0.29, 0.717) is 29.6 Å². The second-order valence-corrected chi connectivity index (χ2v) is 10.4. The van der Waals surface area contributed by atoms with Gasteiger partial charge in [0.2, 0.25) is 5.91 Å². The molecule has 0 radical (unpaired) electrons. The zero-order valence-corrected chi connectivity index (χ0v) is 20.2. The van der Waals surface area contributed by atoms with Crippen molar-refractivity contribution >= 4 is 39.2 Å². The third-order valence-corrected chi connectivity index (χ3v) is 8.27. The average Bonchev–Trinajstić information content (AvgIpc) is 3.57. The SMILES string of the molecule is CCn1c(SCC(=O)N(Cc2ccccc2)C(C)C2CC2)nc2sc(C)c(C)c2c1=O. The number of nitrogens with zero attached hydrogens (tertiary/aromatic N) is 3. The van der Waals surface area contributed by atoms with Gasteiger partial charge in [0.1, 0.15) is 4.83 Å². The fourth-order valence-corrected chi connectivity index (χ4v) is 6.00. The van der Waals surface area contributed by atoms with Crippen molar-refractivity contribution in [3.8, 4) is 0 Å². The maximum atomic E-state index is 13.3. The van der Waals surface area contributed by atoms with E-state index >= 15 is 0 Å². The summed E-state index contributed by atoms with van der Waals surface area (Å²) >= 11 is 2.93. The predicted molar refractivity (Wildman–Crippen MR) is 129 cm³/mol. The smallest absolute Gasteiger partial charge is 0.263 e. The minimum Gasteiger partial charge on any atom is -0.335 e. The van der Waals surface area contributed by atoms with Gasteiger partial charge in [0.25, 0.3) is 5.56 Å². The van der Waals surface area contributed by atoms with Crippen molar-refractivity contribution < 1.29 is 4.79 Å². The monoisotopic (exact) mass is 455 g/mol. The molecule has 1 saturated carbocycles. The van der Waals surface area contributed by atoms with E-state index in [1.807, 2.05) is 43.9 Å². The number of amides is 1. The first-order valence-electron chi connectivity index (χ1n) is 10.9. The lowest BCUT2D eigenvalue weighted by Gasteiger charge is -2.29. The molecule has 7 heteroatoms. The number of aromatic nitrogens is 2. The molecule has 0 spiro atoms. The molecule has 0 bridgehead atoms. The summed E-state index contributed by atoms with van der Waals surface area (Å²) in [5.74, 6) is 0.979. The zero-order chi connectivity index (χ0) is 22.1. The van der Waals surface area contributed by atoms with Crippen LogP contribution in [-0.2, 0) is 17.9 Å². The van der Waals surface area contributed by atoms with Gasteiger partial charge in [0, 0.05) is 24.0 Å². The number of thiophene rings is 1. The van der Waals surface area contributed by atoms with E-state index in [4.69, 9.17) is 4.98 Å². The third kappa shape index (κ3) is 4.58. The highest BCUT2D eigenvalue weighted by atomic mass is 32.2. The van der Waals surface area contributed by atoms with Crippen LogP contribution in [0.15, 0.2) is 40.3 Å². The highest BCUT2D eigenvalue weighted by Gasteiger charge is 2.34. The molecule has 3 aromatic rings. The van der Waals surface area contributed by atoms with E-state index < -0.39 is 0 Å². The fraction of sp³-hybridized carbons (Fsp3) is 0.458. The second-order valence-electron chi connectivity index (χ2n) is 8.28. The van der Waals surface area contributed by atoms with Crippen molar-refractivity contribution in [2.75, 3.05) is 5.75 Å². The van der Waals surface area contributed by atoms with Crippen LogP contribution in [0.2, 0.25) is 0 Å². The summed E-state index contributed by atoms with van der Waals surface area (Å²) in [6.45, 7) is 9.27. The quantitative estimate of drug-likeness (QED) is 0.354. The predicted octanol–water partition coefficient (Wildman–Crippen LogP) is 5.01. The number of fused-ring (bicyclic) bond motifs is 1. The average molecular weight is 456 g/mol. The molecule has 164 valence electrons. The molecule has 31 heavy (non-hydrogen) atoms. The van der Waals surface area contributed by atoms with Crippen LogP contribution in [0.4, 0.5) is 0 Å². The van der Waals surface area contributed by atoms with E-state index in [1.165, 1.54) is 24.6 Å². The summed E-state index contributed by atoms with van der Waals surface area (Å²) in [4.78, 5) is 35.0. The molecule has 0 N–H and O–H groups in total. The van der Waals surface area contributed by atoms with Gasteiger partial charge in [0.05, 0.1) is 11.1 Å². The number of aryl methyl sites for hydroxylation is 2. The van der Waals surface area contributed by atoms with Crippen LogP contribution in [-0.4, -0.2) is 32.2 Å². The summed E-state index contributed by atoms with van der Waals surface area (Å²) in [6, 6.07) is 10.4. The number of carbonyl (C=O) groups is 1. The van der Waals surface area contributed by atoms with Crippen LogP contribution in [0.3, 0.4) is 0 Å². The first kappa shape index (κ1) is 22.1. The first-order chi connectivity index (χ1) is 14.9. The van der Waals surface area contributed by atoms with Crippen LogP contribution in [0.1, 0.15) is 42.7 Å². The van der Waals surface area contributed by atoms with Crippen LogP contribution in [0, 0.1) is 19.8 Å². The van der Waals surface area contributed by atoms with Gasteiger partial charge >= 0.3 is 0 Å². The van der Waals surface area contributed by atoms with Crippen LogP contribution >= 0.6 is 23.1 Å². The Labute approximate surface area is 191 Å². The standard InChI is InChI=1S/C24H29N3O2S2/c1-5-26-23(29)21-15(2)17(4)31-22(21)25-24(26)30-14-20(28)27(16(3)19-11-12-19)13-18-9-7-6-8-10-18/h6-10,16,19H,5,11-14H2,1-4H3. The number of carbonyl (C=O) groups excluding carboxylic acids is 1. The summed E-state index contributed by atoms with van der Waals surface area (Å²) in [6.07, 6.45) is 2.38. The Balaban J connectivity index is 1.57. The molecule has 1 unspecified atom stereocenters.